The molecule has 0 bridgehead atoms. The van der Waals surface area contributed by atoms with Crippen LogP contribution in [0.1, 0.15) is 31.2 Å². The van der Waals surface area contributed by atoms with Gasteiger partial charge in [-0.2, -0.15) is 5.10 Å². The summed E-state index contributed by atoms with van der Waals surface area (Å²) in [7, 11) is -3.05. The summed E-state index contributed by atoms with van der Waals surface area (Å²) in [6.45, 7) is 2.21. The highest BCUT2D eigenvalue weighted by Crippen LogP contribution is 2.20. The van der Waals surface area contributed by atoms with Gasteiger partial charge in [0.15, 0.2) is 9.84 Å². The number of rotatable bonds is 4. The van der Waals surface area contributed by atoms with Crippen LogP contribution in [0.5, 0.6) is 0 Å². The van der Waals surface area contributed by atoms with E-state index in [9.17, 15) is 13.2 Å². The number of sulfone groups is 1. The zero-order valence-electron chi connectivity index (χ0n) is 13.6. The van der Waals surface area contributed by atoms with E-state index >= 15 is 0 Å². The highest BCUT2D eigenvalue weighted by Gasteiger charge is 2.32. The van der Waals surface area contributed by atoms with E-state index < -0.39 is 15.8 Å². The van der Waals surface area contributed by atoms with Crippen LogP contribution < -0.4 is 10.3 Å². The van der Waals surface area contributed by atoms with Crippen LogP contribution in [-0.2, 0) is 14.6 Å². The molecule has 2 aliphatic heterocycles. The van der Waals surface area contributed by atoms with Gasteiger partial charge in [0.2, 0.25) is 5.91 Å². The monoisotopic (exact) mass is 349 g/mol. The van der Waals surface area contributed by atoms with Gasteiger partial charge in [0.25, 0.3) is 0 Å². The molecule has 0 aromatic heterocycles. The van der Waals surface area contributed by atoms with E-state index in [2.05, 4.69) is 27.6 Å². The smallest absolute Gasteiger partial charge is 0.244 e. The minimum absolute atomic E-state index is 0.0706. The van der Waals surface area contributed by atoms with Crippen molar-refractivity contribution in [3.63, 3.8) is 0 Å². The molecule has 3 rings (SSSR count). The number of amides is 1. The first-order valence-electron chi connectivity index (χ1n) is 8.42. The molecule has 130 valence electrons. The number of anilines is 1. The molecule has 1 N–H and O–H groups in total. The molecular weight excluding hydrogens is 326 g/mol. The number of hydrazone groups is 1. The fourth-order valence-corrected chi connectivity index (χ4v) is 4.93. The van der Waals surface area contributed by atoms with Crippen LogP contribution >= 0.6 is 0 Å². The van der Waals surface area contributed by atoms with Crippen molar-refractivity contribution >= 4 is 27.6 Å². The number of hydrogen-bond acceptors (Lipinski definition) is 5. The first kappa shape index (κ1) is 17.0. The molecule has 1 amide bonds. The summed E-state index contributed by atoms with van der Waals surface area (Å²) in [5, 5.41) is 3.94. The number of benzene rings is 1. The molecule has 2 saturated heterocycles. The largest absolute Gasteiger partial charge is 0.372 e. The minimum Gasteiger partial charge on any atom is -0.372 e. The van der Waals surface area contributed by atoms with E-state index in [1.165, 1.54) is 24.9 Å². The number of piperidine rings is 1. The van der Waals surface area contributed by atoms with Crippen molar-refractivity contribution in [2.75, 3.05) is 29.5 Å². The van der Waals surface area contributed by atoms with Crippen molar-refractivity contribution in [1.29, 1.82) is 0 Å². The summed E-state index contributed by atoms with van der Waals surface area (Å²) in [4.78, 5) is 14.3. The molecule has 1 atom stereocenters. The van der Waals surface area contributed by atoms with Gasteiger partial charge in [-0.3, -0.25) is 4.79 Å². The molecular formula is C17H23N3O3S. The molecule has 2 aliphatic rings. The predicted octanol–water partition coefficient (Wildman–Crippen LogP) is 1.56. The quantitative estimate of drug-likeness (QED) is 0.661. The van der Waals surface area contributed by atoms with Crippen molar-refractivity contribution in [3.05, 3.63) is 29.8 Å². The van der Waals surface area contributed by atoms with E-state index in [4.69, 9.17) is 0 Å². The molecule has 1 aromatic rings. The number of carbonyl (C=O) groups is 1. The second-order valence-electron chi connectivity index (χ2n) is 6.47. The van der Waals surface area contributed by atoms with Crippen LogP contribution in [0, 0.1) is 5.92 Å². The molecule has 0 spiro atoms. The average molecular weight is 349 g/mol. The number of hydrogen-bond donors (Lipinski definition) is 1. The first-order valence-corrected chi connectivity index (χ1v) is 10.2. The molecule has 2 heterocycles. The summed E-state index contributed by atoms with van der Waals surface area (Å²) in [6.07, 6.45) is 5.76. The number of carbonyl (C=O) groups excluding carboxylic acids is 1. The highest BCUT2D eigenvalue weighted by atomic mass is 32.2. The third-order valence-electron chi connectivity index (χ3n) is 4.61. The second-order valence-corrected chi connectivity index (χ2v) is 8.70. The van der Waals surface area contributed by atoms with Crippen LogP contribution in [0.4, 0.5) is 5.69 Å². The normalized spacial score (nSPS) is 23.5. The molecule has 2 fully saturated rings. The maximum absolute atomic E-state index is 11.9. The Morgan fingerprint density at radius 2 is 1.88 bits per heavy atom. The lowest BCUT2D eigenvalue weighted by Crippen LogP contribution is -2.29. The van der Waals surface area contributed by atoms with Crippen LogP contribution in [0.25, 0.3) is 0 Å². The summed E-state index contributed by atoms with van der Waals surface area (Å²) < 4.78 is 22.8. The topological polar surface area (TPSA) is 78.8 Å². The summed E-state index contributed by atoms with van der Waals surface area (Å²) in [6, 6.07) is 8.08. The van der Waals surface area contributed by atoms with E-state index in [0.29, 0.717) is 6.42 Å². The summed E-state index contributed by atoms with van der Waals surface area (Å²) >= 11 is 0. The fraction of sp³-hybridized carbons (Fsp3) is 0.529. The number of nitrogens with zero attached hydrogens (tertiary/aromatic N) is 2. The fourth-order valence-electron chi connectivity index (χ4n) is 3.19. The molecule has 6 nitrogen and oxygen atoms in total. The molecule has 0 radical (unpaired) electrons. The lowest BCUT2D eigenvalue weighted by Gasteiger charge is -2.28. The van der Waals surface area contributed by atoms with E-state index in [0.717, 1.165) is 18.7 Å². The summed E-state index contributed by atoms with van der Waals surface area (Å²) in [5.74, 6) is -0.781. The average Bonchev–Trinajstić information content (AvgIpc) is 2.96. The van der Waals surface area contributed by atoms with Crippen molar-refractivity contribution in [1.82, 2.24) is 5.43 Å². The molecule has 24 heavy (non-hydrogen) atoms. The van der Waals surface area contributed by atoms with Crippen LogP contribution in [-0.4, -0.2) is 45.1 Å². The molecule has 0 unspecified atom stereocenters. The maximum atomic E-state index is 11.9. The van der Waals surface area contributed by atoms with Gasteiger partial charge in [-0.25, -0.2) is 13.8 Å². The molecule has 7 heteroatoms. The molecule has 0 saturated carbocycles. The lowest BCUT2D eigenvalue weighted by molar-refractivity contribution is -0.124. The van der Waals surface area contributed by atoms with E-state index in [-0.39, 0.29) is 17.4 Å². The van der Waals surface area contributed by atoms with Crippen molar-refractivity contribution in [2.45, 2.75) is 25.7 Å². The Morgan fingerprint density at radius 1 is 1.17 bits per heavy atom. The van der Waals surface area contributed by atoms with Gasteiger partial charge in [-0.15, -0.1) is 0 Å². The van der Waals surface area contributed by atoms with E-state index in [1.807, 2.05) is 12.1 Å². The predicted molar refractivity (Wildman–Crippen MR) is 95.0 cm³/mol. The Bertz CT molecular complexity index is 707. The number of nitrogens with one attached hydrogen (secondary N) is 1. The van der Waals surface area contributed by atoms with Gasteiger partial charge >= 0.3 is 0 Å². The standard InChI is InChI=1S/C17H23N3O3S/c21-17(15-8-11-24(22,23)13-15)19-18-12-14-4-6-16(7-5-14)20-9-2-1-3-10-20/h4-7,12,15H,1-3,8-11,13H2,(H,19,21)/b18-12-/t15-/m1/s1. The Labute approximate surface area is 142 Å². The molecule has 0 aliphatic carbocycles. The van der Waals surface area contributed by atoms with Crippen molar-refractivity contribution in [3.8, 4) is 0 Å². The Kier molecular flexibility index (Phi) is 5.18. The third kappa shape index (κ3) is 4.35. The SMILES string of the molecule is O=C(N/N=C\c1ccc(N2CCCCC2)cc1)[C@@H]1CCS(=O)(=O)C1. The van der Waals surface area contributed by atoms with Crippen molar-refractivity contribution < 1.29 is 13.2 Å². The van der Waals surface area contributed by atoms with Crippen LogP contribution in [0.2, 0.25) is 0 Å². The maximum Gasteiger partial charge on any atom is 0.244 e. The van der Waals surface area contributed by atoms with Gasteiger partial charge in [0.1, 0.15) is 0 Å². The van der Waals surface area contributed by atoms with Crippen LogP contribution in [0.3, 0.4) is 0 Å². The summed E-state index contributed by atoms with van der Waals surface area (Å²) in [5.41, 5.74) is 4.56. The second kappa shape index (κ2) is 7.34. The van der Waals surface area contributed by atoms with E-state index in [1.54, 1.807) is 6.21 Å². The minimum atomic E-state index is -3.05. The van der Waals surface area contributed by atoms with Crippen LogP contribution in [0.15, 0.2) is 29.4 Å². The highest BCUT2D eigenvalue weighted by molar-refractivity contribution is 7.91. The Morgan fingerprint density at radius 3 is 2.50 bits per heavy atom. The first-order chi connectivity index (χ1) is 11.5. The molecule has 1 aromatic carbocycles. The van der Waals surface area contributed by atoms with Gasteiger partial charge < -0.3 is 4.90 Å². The Balaban J connectivity index is 1.52. The van der Waals surface area contributed by atoms with Gasteiger partial charge in [0, 0.05) is 18.8 Å². The zero-order chi connectivity index (χ0) is 17.0. The van der Waals surface area contributed by atoms with Gasteiger partial charge in [0.05, 0.1) is 23.6 Å². The van der Waals surface area contributed by atoms with Crippen molar-refractivity contribution in [2.24, 2.45) is 11.0 Å². The van der Waals surface area contributed by atoms with Gasteiger partial charge in [-0.05, 0) is 43.4 Å². The lowest BCUT2D eigenvalue weighted by atomic mass is 10.1. The zero-order valence-corrected chi connectivity index (χ0v) is 14.5. The third-order valence-corrected chi connectivity index (χ3v) is 6.37. The van der Waals surface area contributed by atoms with Gasteiger partial charge in [-0.1, -0.05) is 12.1 Å². The Hall–Kier alpha value is -1.89.